The van der Waals surface area contributed by atoms with Crippen molar-refractivity contribution in [3.63, 3.8) is 0 Å². The Labute approximate surface area is 214 Å². The van der Waals surface area contributed by atoms with E-state index in [9.17, 15) is 14.0 Å². The van der Waals surface area contributed by atoms with Crippen LogP contribution in [0.15, 0.2) is 40.7 Å². The number of nitrogens with one attached hydrogen (secondary N) is 1. The van der Waals surface area contributed by atoms with Crippen LogP contribution >= 0.6 is 23.2 Å². The van der Waals surface area contributed by atoms with E-state index in [2.05, 4.69) is 5.32 Å². The number of esters is 2. The Morgan fingerprint density at radius 2 is 1.69 bits per heavy atom. The minimum atomic E-state index is -1.12. The molecule has 1 aromatic rings. The molecule has 11 heteroatoms. The highest BCUT2D eigenvalue weighted by Crippen LogP contribution is 2.43. The van der Waals surface area contributed by atoms with Crippen LogP contribution < -0.4 is 5.32 Å². The highest BCUT2D eigenvalue weighted by atomic mass is 35.5. The molecule has 1 aromatic carbocycles. The molecule has 2 rings (SSSR count). The molecule has 0 radical (unpaired) electrons. The molecule has 194 valence electrons. The first-order valence-electron chi connectivity index (χ1n) is 11.1. The van der Waals surface area contributed by atoms with Gasteiger partial charge >= 0.3 is 11.9 Å². The number of dihydropyridines is 1. The monoisotopic (exact) mass is 533 g/mol. The van der Waals surface area contributed by atoms with Gasteiger partial charge in [-0.25, -0.2) is 14.0 Å². The standard InChI is InChI=1S/C24H30Cl2FNO7/c1-5-33-18(34-6-2)13-32-12-17-21(24(30)35-7-3)19(14-9-8-10-15(25)22(14)26)20(23(29)31-4)16(11-27)28-17/h8-10,18-19,28H,5-7,11-13H2,1-4H3. The molecule has 0 aromatic heterocycles. The van der Waals surface area contributed by atoms with Gasteiger partial charge in [0, 0.05) is 13.2 Å². The molecule has 0 bridgehead atoms. The van der Waals surface area contributed by atoms with Crippen LogP contribution in [0, 0.1) is 0 Å². The molecule has 0 fully saturated rings. The minimum Gasteiger partial charge on any atom is -0.466 e. The first kappa shape index (κ1) is 29.1. The van der Waals surface area contributed by atoms with Crippen molar-refractivity contribution in [2.75, 3.05) is 46.8 Å². The molecule has 35 heavy (non-hydrogen) atoms. The summed E-state index contributed by atoms with van der Waals surface area (Å²) in [7, 11) is 1.16. The van der Waals surface area contributed by atoms with Gasteiger partial charge in [0.15, 0.2) is 6.29 Å². The average Bonchev–Trinajstić information content (AvgIpc) is 2.84. The number of carbonyl (C=O) groups is 2. The van der Waals surface area contributed by atoms with Gasteiger partial charge in [-0.15, -0.1) is 0 Å². The highest BCUT2D eigenvalue weighted by molar-refractivity contribution is 6.42. The van der Waals surface area contributed by atoms with Gasteiger partial charge in [0.05, 0.1) is 65.4 Å². The second kappa shape index (κ2) is 14.4. The van der Waals surface area contributed by atoms with E-state index < -0.39 is 30.8 Å². The van der Waals surface area contributed by atoms with Gasteiger partial charge in [-0.1, -0.05) is 35.3 Å². The van der Waals surface area contributed by atoms with Crippen LogP contribution in [-0.4, -0.2) is 65.0 Å². The van der Waals surface area contributed by atoms with Crippen LogP contribution in [0.25, 0.3) is 0 Å². The maximum Gasteiger partial charge on any atom is 0.336 e. The summed E-state index contributed by atoms with van der Waals surface area (Å²) in [6.07, 6.45) is -0.625. The normalized spacial score (nSPS) is 15.9. The van der Waals surface area contributed by atoms with Gasteiger partial charge in [-0.3, -0.25) is 0 Å². The summed E-state index contributed by atoms with van der Waals surface area (Å²) < 4.78 is 41.1. The Balaban J connectivity index is 2.62. The fourth-order valence-corrected chi connectivity index (χ4v) is 4.07. The zero-order valence-electron chi connectivity index (χ0n) is 20.1. The Hall–Kier alpha value is -2.17. The molecule has 1 unspecified atom stereocenters. The lowest BCUT2D eigenvalue weighted by molar-refractivity contribution is -0.165. The van der Waals surface area contributed by atoms with Crippen molar-refractivity contribution in [2.24, 2.45) is 0 Å². The van der Waals surface area contributed by atoms with Crippen LogP contribution in [0.3, 0.4) is 0 Å². The highest BCUT2D eigenvalue weighted by Gasteiger charge is 2.41. The van der Waals surface area contributed by atoms with E-state index in [4.69, 9.17) is 46.9 Å². The lowest BCUT2D eigenvalue weighted by Gasteiger charge is -2.32. The van der Waals surface area contributed by atoms with Crippen molar-refractivity contribution in [1.82, 2.24) is 5.32 Å². The first-order chi connectivity index (χ1) is 16.8. The van der Waals surface area contributed by atoms with Gasteiger partial charge in [0.1, 0.15) is 6.67 Å². The van der Waals surface area contributed by atoms with Crippen molar-refractivity contribution in [3.05, 3.63) is 56.3 Å². The summed E-state index contributed by atoms with van der Waals surface area (Å²) in [6.45, 7) is 5.03. The largest absolute Gasteiger partial charge is 0.466 e. The summed E-state index contributed by atoms with van der Waals surface area (Å²) in [5.41, 5.74) is 0.340. The Morgan fingerprint density at radius 1 is 1.03 bits per heavy atom. The van der Waals surface area contributed by atoms with Crippen LogP contribution in [0.4, 0.5) is 4.39 Å². The summed E-state index contributed by atoms with van der Waals surface area (Å²) in [4.78, 5) is 26.0. The molecule has 0 amide bonds. The predicted molar refractivity (Wildman–Crippen MR) is 129 cm³/mol. The second-order valence-electron chi connectivity index (χ2n) is 7.19. The van der Waals surface area contributed by atoms with Gasteiger partial charge in [-0.2, -0.15) is 0 Å². The topological polar surface area (TPSA) is 92.3 Å². The lowest BCUT2D eigenvalue weighted by Crippen LogP contribution is -2.36. The summed E-state index contributed by atoms with van der Waals surface area (Å²) in [5.74, 6) is -2.68. The second-order valence-corrected chi connectivity index (χ2v) is 7.97. The van der Waals surface area contributed by atoms with Gasteiger partial charge < -0.3 is 29.0 Å². The molecule has 1 atom stereocenters. The van der Waals surface area contributed by atoms with Crippen LogP contribution in [0.2, 0.25) is 10.0 Å². The summed E-state index contributed by atoms with van der Waals surface area (Å²) in [5, 5.41) is 3.14. The van der Waals surface area contributed by atoms with Crippen molar-refractivity contribution in [3.8, 4) is 0 Å². The van der Waals surface area contributed by atoms with E-state index >= 15 is 0 Å². The number of rotatable bonds is 13. The molecule has 1 aliphatic heterocycles. The Bertz CT molecular complexity index is 961. The fourth-order valence-electron chi connectivity index (χ4n) is 3.66. The van der Waals surface area contributed by atoms with Gasteiger partial charge in [-0.05, 0) is 32.4 Å². The molecule has 0 saturated carbocycles. The molecule has 0 saturated heterocycles. The third kappa shape index (κ3) is 7.17. The Morgan fingerprint density at radius 3 is 2.26 bits per heavy atom. The zero-order chi connectivity index (χ0) is 26.0. The molecular formula is C24H30Cl2FNO7. The lowest BCUT2D eigenvalue weighted by atomic mass is 9.80. The van der Waals surface area contributed by atoms with E-state index in [-0.39, 0.29) is 52.4 Å². The number of alkyl halides is 1. The predicted octanol–water partition coefficient (Wildman–Crippen LogP) is 4.31. The molecular weight excluding hydrogens is 504 g/mol. The molecule has 1 heterocycles. The number of hydrogen-bond donors (Lipinski definition) is 1. The Kier molecular flexibility index (Phi) is 12.0. The molecule has 0 spiro atoms. The van der Waals surface area contributed by atoms with E-state index in [1.54, 1.807) is 25.1 Å². The van der Waals surface area contributed by atoms with Gasteiger partial charge in [0.2, 0.25) is 0 Å². The van der Waals surface area contributed by atoms with Crippen molar-refractivity contribution < 1.29 is 37.7 Å². The third-order valence-corrected chi connectivity index (χ3v) is 5.90. The van der Waals surface area contributed by atoms with Crippen LogP contribution in [0.5, 0.6) is 0 Å². The summed E-state index contributed by atoms with van der Waals surface area (Å²) >= 11 is 12.7. The van der Waals surface area contributed by atoms with Crippen LogP contribution in [0.1, 0.15) is 32.3 Å². The molecule has 8 nitrogen and oxygen atoms in total. The quantitative estimate of drug-likeness (QED) is 0.296. The molecule has 1 aliphatic rings. The number of allylic oxidation sites excluding steroid dienone is 1. The minimum absolute atomic E-state index is 0.0259. The number of hydrogen-bond acceptors (Lipinski definition) is 8. The van der Waals surface area contributed by atoms with E-state index in [0.29, 0.717) is 18.8 Å². The number of carbonyl (C=O) groups excluding carboxylic acids is 2. The summed E-state index contributed by atoms with van der Waals surface area (Å²) in [6, 6.07) is 4.77. The van der Waals surface area contributed by atoms with Crippen LogP contribution in [-0.2, 0) is 33.3 Å². The smallest absolute Gasteiger partial charge is 0.336 e. The first-order valence-corrected chi connectivity index (χ1v) is 11.9. The number of benzene rings is 1. The fraction of sp³-hybridized carbons (Fsp3) is 0.500. The molecule has 1 N–H and O–H groups in total. The average molecular weight is 534 g/mol. The number of methoxy groups -OCH3 is 1. The van der Waals surface area contributed by atoms with E-state index in [0.717, 1.165) is 7.11 Å². The van der Waals surface area contributed by atoms with Crippen molar-refractivity contribution >= 4 is 35.1 Å². The van der Waals surface area contributed by atoms with Gasteiger partial charge in [0.25, 0.3) is 0 Å². The third-order valence-electron chi connectivity index (χ3n) is 5.06. The SMILES string of the molecule is CCOC(=O)C1=C(COCC(OCC)OCC)NC(CF)=C(C(=O)OC)C1c1cccc(Cl)c1Cl. The molecule has 0 aliphatic carbocycles. The van der Waals surface area contributed by atoms with E-state index in [1.807, 2.05) is 13.8 Å². The van der Waals surface area contributed by atoms with Crippen molar-refractivity contribution in [1.29, 1.82) is 0 Å². The maximum absolute atomic E-state index is 14.2. The zero-order valence-corrected chi connectivity index (χ0v) is 21.6. The number of halogens is 3. The maximum atomic E-state index is 14.2. The van der Waals surface area contributed by atoms with Crippen molar-refractivity contribution in [2.45, 2.75) is 33.0 Å². The van der Waals surface area contributed by atoms with E-state index in [1.165, 1.54) is 0 Å². The number of ether oxygens (including phenoxy) is 5.